The Bertz CT molecular complexity index is 819. The third kappa shape index (κ3) is 5.00. The van der Waals surface area contributed by atoms with E-state index in [1.165, 1.54) is 5.56 Å². The van der Waals surface area contributed by atoms with Gasteiger partial charge in [0.1, 0.15) is 0 Å². The first-order chi connectivity index (χ1) is 13.4. The predicted molar refractivity (Wildman–Crippen MR) is 113 cm³/mol. The summed E-state index contributed by atoms with van der Waals surface area (Å²) in [5.74, 6) is 0.535. The zero-order valence-corrected chi connectivity index (χ0v) is 17.1. The Morgan fingerprint density at radius 1 is 1.04 bits per heavy atom. The summed E-state index contributed by atoms with van der Waals surface area (Å²) >= 11 is 0. The standard InChI is InChI=1S/C24H30N2O2/c1-17(2)21-6-4-5-7-22(21)25-24(28)20-12-14-26(15-13-20)23(27)16-19-10-8-18(3)9-11-19/h4-11,17,20H,12-16H2,1-3H3,(H,25,28). The molecular weight excluding hydrogens is 348 g/mol. The number of likely N-dealkylation sites (tertiary alicyclic amines) is 1. The lowest BCUT2D eigenvalue weighted by atomic mass is 9.94. The second-order valence-corrected chi connectivity index (χ2v) is 8.05. The molecule has 0 aliphatic carbocycles. The minimum Gasteiger partial charge on any atom is -0.342 e. The second kappa shape index (κ2) is 9.05. The molecule has 0 bridgehead atoms. The lowest BCUT2D eigenvalue weighted by Crippen LogP contribution is -2.42. The van der Waals surface area contributed by atoms with Crippen LogP contribution in [-0.4, -0.2) is 29.8 Å². The summed E-state index contributed by atoms with van der Waals surface area (Å²) in [5.41, 5.74) is 4.30. The number of benzene rings is 2. The zero-order valence-electron chi connectivity index (χ0n) is 17.1. The molecule has 148 valence electrons. The summed E-state index contributed by atoms with van der Waals surface area (Å²) < 4.78 is 0. The van der Waals surface area contributed by atoms with E-state index in [1.54, 1.807) is 0 Å². The van der Waals surface area contributed by atoms with Crippen molar-refractivity contribution >= 4 is 17.5 Å². The van der Waals surface area contributed by atoms with Crippen LogP contribution >= 0.6 is 0 Å². The number of amides is 2. The van der Waals surface area contributed by atoms with Crippen molar-refractivity contribution in [3.05, 3.63) is 65.2 Å². The molecule has 2 aromatic rings. The predicted octanol–water partition coefficient (Wildman–Crippen LogP) is 4.54. The number of nitrogens with zero attached hydrogens (tertiary/aromatic N) is 1. The van der Waals surface area contributed by atoms with E-state index in [9.17, 15) is 9.59 Å². The number of anilines is 1. The largest absolute Gasteiger partial charge is 0.342 e. The Morgan fingerprint density at radius 3 is 2.32 bits per heavy atom. The topological polar surface area (TPSA) is 49.4 Å². The van der Waals surface area contributed by atoms with Crippen molar-refractivity contribution in [2.24, 2.45) is 5.92 Å². The number of aryl methyl sites for hydroxylation is 1. The molecule has 1 saturated heterocycles. The molecule has 3 rings (SSSR count). The normalized spacial score (nSPS) is 14.9. The number of carbonyl (C=O) groups is 2. The number of hydrogen-bond acceptors (Lipinski definition) is 2. The molecule has 0 saturated carbocycles. The first-order valence-electron chi connectivity index (χ1n) is 10.2. The summed E-state index contributed by atoms with van der Waals surface area (Å²) in [6.07, 6.45) is 1.86. The van der Waals surface area contributed by atoms with Gasteiger partial charge >= 0.3 is 0 Å². The average molecular weight is 379 g/mol. The van der Waals surface area contributed by atoms with Crippen LogP contribution in [-0.2, 0) is 16.0 Å². The van der Waals surface area contributed by atoms with E-state index in [0.717, 1.165) is 29.7 Å². The van der Waals surface area contributed by atoms with Gasteiger partial charge in [0.2, 0.25) is 11.8 Å². The van der Waals surface area contributed by atoms with Gasteiger partial charge in [0.25, 0.3) is 0 Å². The van der Waals surface area contributed by atoms with E-state index in [4.69, 9.17) is 0 Å². The van der Waals surface area contributed by atoms with Crippen LogP contribution in [0.15, 0.2) is 48.5 Å². The number of hydrogen-bond donors (Lipinski definition) is 1. The van der Waals surface area contributed by atoms with Gasteiger partial charge in [0.05, 0.1) is 6.42 Å². The van der Waals surface area contributed by atoms with Crippen LogP contribution in [0.3, 0.4) is 0 Å². The van der Waals surface area contributed by atoms with Crippen molar-refractivity contribution in [1.29, 1.82) is 0 Å². The van der Waals surface area contributed by atoms with Gasteiger partial charge in [0.15, 0.2) is 0 Å². The van der Waals surface area contributed by atoms with E-state index in [2.05, 4.69) is 25.2 Å². The van der Waals surface area contributed by atoms with E-state index in [0.29, 0.717) is 25.4 Å². The molecule has 1 fully saturated rings. The molecule has 1 heterocycles. The summed E-state index contributed by atoms with van der Waals surface area (Å²) in [7, 11) is 0. The fourth-order valence-electron chi connectivity index (χ4n) is 3.73. The van der Waals surface area contributed by atoms with E-state index >= 15 is 0 Å². The minimum atomic E-state index is -0.0383. The van der Waals surface area contributed by atoms with Crippen molar-refractivity contribution < 1.29 is 9.59 Å². The Labute approximate surface area is 167 Å². The molecule has 1 N–H and O–H groups in total. The van der Waals surface area contributed by atoms with Crippen LogP contribution in [0.25, 0.3) is 0 Å². The lowest BCUT2D eigenvalue weighted by molar-refractivity contribution is -0.133. The van der Waals surface area contributed by atoms with Gasteiger partial charge in [-0.2, -0.15) is 0 Å². The number of piperidine rings is 1. The molecule has 28 heavy (non-hydrogen) atoms. The number of nitrogens with one attached hydrogen (secondary N) is 1. The molecule has 0 radical (unpaired) electrons. The van der Waals surface area contributed by atoms with Crippen LogP contribution in [0.4, 0.5) is 5.69 Å². The van der Waals surface area contributed by atoms with Crippen LogP contribution in [0, 0.1) is 12.8 Å². The Kier molecular flexibility index (Phi) is 6.50. The highest BCUT2D eigenvalue weighted by molar-refractivity contribution is 5.93. The van der Waals surface area contributed by atoms with Crippen LogP contribution < -0.4 is 5.32 Å². The SMILES string of the molecule is Cc1ccc(CC(=O)N2CCC(C(=O)Nc3ccccc3C(C)C)CC2)cc1. The minimum absolute atomic E-state index is 0.0383. The Hall–Kier alpha value is -2.62. The van der Waals surface area contributed by atoms with E-state index < -0.39 is 0 Å². The number of carbonyl (C=O) groups excluding carboxylic acids is 2. The summed E-state index contributed by atoms with van der Waals surface area (Å²) in [6, 6.07) is 16.1. The number of rotatable bonds is 5. The first-order valence-corrected chi connectivity index (χ1v) is 10.2. The third-order valence-electron chi connectivity index (χ3n) is 5.54. The molecule has 4 heteroatoms. The highest BCUT2D eigenvalue weighted by Gasteiger charge is 2.27. The van der Waals surface area contributed by atoms with Gasteiger partial charge in [-0.1, -0.05) is 61.9 Å². The monoisotopic (exact) mass is 378 g/mol. The van der Waals surface area contributed by atoms with Gasteiger partial charge in [-0.15, -0.1) is 0 Å². The zero-order chi connectivity index (χ0) is 20.1. The first kappa shape index (κ1) is 20.1. The van der Waals surface area contributed by atoms with Gasteiger partial charge < -0.3 is 10.2 Å². The summed E-state index contributed by atoms with van der Waals surface area (Å²) in [5, 5.41) is 3.11. The van der Waals surface area contributed by atoms with Crippen molar-refractivity contribution in [2.75, 3.05) is 18.4 Å². The maximum atomic E-state index is 12.7. The van der Waals surface area contributed by atoms with E-state index in [-0.39, 0.29) is 17.7 Å². The highest BCUT2D eigenvalue weighted by Crippen LogP contribution is 2.26. The van der Waals surface area contributed by atoms with Crippen LogP contribution in [0.5, 0.6) is 0 Å². The fraction of sp³-hybridized carbons (Fsp3) is 0.417. The second-order valence-electron chi connectivity index (χ2n) is 8.05. The van der Waals surface area contributed by atoms with Crippen LogP contribution in [0.1, 0.15) is 49.3 Å². The van der Waals surface area contributed by atoms with Crippen molar-refractivity contribution in [3.63, 3.8) is 0 Å². The van der Waals surface area contributed by atoms with Gasteiger partial charge in [0, 0.05) is 24.7 Å². The average Bonchev–Trinajstić information content (AvgIpc) is 2.70. The Morgan fingerprint density at radius 2 is 1.68 bits per heavy atom. The quantitative estimate of drug-likeness (QED) is 0.830. The molecule has 0 unspecified atom stereocenters. The molecule has 2 amide bonds. The molecule has 0 aromatic heterocycles. The number of para-hydroxylation sites is 1. The molecule has 1 aliphatic rings. The molecule has 0 spiro atoms. The van der Waals surface area contributed by atoms with Crippen molar-refractivity contribution in [3.8, 4) is 0 Å². The molecule has 1 aliphatic heterocycles. The highest BCUT2D eigenvalue weighted by atomic mass is 16.2. The third-order valence-corrected chi connectivity index (χ3v) is 5.54. The van der Waals surface area contributed by atoms with E-state index in [1.807, 2.05) is 54.3 Å². The maximum Gasteiger partial charge on any atom is 0.227 e. The van der Waals surface area contributed by atoms with Crippen molar-refractivity contribution in [2.45, 2.75) is 46.0 Å². The molecule has 2 aromatic carbocycles. The molecular formula is C24H30N2O2. The van der Waals surface area contributed by atoms with Gasteiger partial charge in [-0.3, -0.25) is 9.59 Å². The fourth-order valence-corrected chi connectivity index (χ4v) is 3.73. The van der Waals surface area contributed by atoms with Crippen LogP contribution in [0.2, 0.25) is 0 Å². The van der Waals surface area contributed by atoms with Crippen molar-refractivity contribution in [1.82, 2.24) is 4.90 Å². The molecule has 0 atom stereocenters. The Balaban J connectivity index is 1.52. The van der Waals surface area contributed by atoms with Gasteiger partial charge in [-0.05, 0) is 42.9 Å². The summed E-state index contributed by atoms with van der Waals surface area (Å²) in [4.78, 5) is 27.2. The van der Waals surface area contributed by atoms with Gasteiger partial charge in [-0.25, -0.2) is 0 Å². The lowest BCUT2D eigenvalue weighted by Gasteiger charge is -2.31. The maximum absolute atomic E-state index is 12.7. The smallest absolute Gasteiger partial charge is 0.227 e. The molecule has 4 nitrogen and oxygen atoms in total. The summed E-state index contributed by atoms with van der Waals surface area (Å²) in [6.45, 7) is 7.59.